The van der Waals surface area contributed by atoms with Crippen LogP contribution in [0.25, 0.3) is 0 Å². The Hall–Kier alpha value is -3.60. The molecule has 17 heteroatoms. The van der Waals surface area contributed by atoms with Crippen molar-refractivity contribution < 1.29 is 26.3 Å². The summed E-state index contributed by atoms with van der Waals surface area (Å²) in [5, 5.41) is 5.92. The predicted molar refractivity (Wildman–Crippen MR) is 169 cm³/mol. The van der Waals surface area contributed by atoms with Crippen LogP contribution in [0.2, 0.25) is 5.02 Å². The molecule has 244 valence electrons. The average molecular weight is 670 g/mol. The number of nitrogens with zero attached hydrogens (tertiary/aromatic N) is 6. The van der Waals surface area contributed by atoms with Crippen molar-refractivity contribution in [2.45, 2.75) is 31.7 Å². The van der Waals surface area contributed by atoms with Crippen molar-refractivity contribution in [3.05, 3.63) is 47.6 Å². The number of hydrogen-bond donors (Lipinski definition) is 3. The third kappa shape index (κ3) is 8.77. The Morgan fingerprint density at radius 3 is 2.29 bits per heavy atom. The number of sulfonamides is 1. The standard InChI is InChI=1S/C28H35ClF3N9O3S/c1-39-13-15-40(16-14-39)18-9-11-41(12-10-18)23-8-7-22(27(36-23)44-25(32)24(30)31)35-28-33-17-19(29)26(37-28)34-20-5-3-4-6-21(20)38-45(2,42)43/h3-8,17-18,24-25,38H,9-16H2,1-2H3,(H2,33,34,35,37). The van der Waals surface area contributed by atoms with E-state index in [4.69, 9.17) is 16.3 Å². The van der Waals surface area contributed by atoms with E-state index < -0.39 is 22.8 Å². The second kappa shape index (κ2) is 14.2. The first-order valence-corrected chi connectivity index (χ1v) is 16.6. The second-order valence-corrected chi connectivity index (χ2v) is 13.1. The molecule has 0 amide bonds. The van der Waals surface area contributed by atoms with Crippen LogP contribution in [-0.2, 0) is 10.0 Å². The Morgan fingerprint density at radius 1 is 0.933 bits per heavy atom. The van der Waals surface area contributed by atoms with Crippen LogP contribution < -0.4 is 25.0 Å². The van der Waals surface area contributed by atoms with Gasteiger partial charge in [0.1, 0.15) is 16.5 Å². The average Bonchev–Trinajstić information content (AvgIpc) is 3.00. The zero-order valence-corrected chi connectivity index (χ0v) is 26.3. The second-order valence-electron chi connectivity index (χ2n) is 10.9. The first-order valence-electron chi connectivity index (χ1n) is 14.4. The Kier molecular flexibility index (Phi) is 10.4. The number of anilines is 6. The zero-order valence-electron chi connectivity index (χ0n) is 24.8. The van der Waals surface area contributed by atoms with Gasteiger partial charge in [-0.2, -0.15) is 14.4 Å². The number of hydrogen-bond acceptors (Lipinski definition) is 11. The van der Waals surface area contributed by atoms with Crippen LogP contribution in [0.3, 0.4) is 0 Å². The molecule has 12 nitrogen and oxygen atoms in total. The van der Waals surface area contributed by atoms with Crippen LogP contribution in [0.15, 0.2) is 42.6 Å². The van der Waals surface area contributed by atoms with Crippen LogP contribution in [-0.4, -0.2) is 105 Å². The molecule has 0 radical (unpaired) electrons. The minimum Gasteiger partial charge on any atom is -0.435 e. The molecule has 4 heterocycles. The normalized spacial score (nSPS) is 17.7. The van der Waals surface area contributed by atoms with Crippen LogP contribution in [0, 0.1) is 0 Å². The fraction of sp³-hybridized carbons (Fsp3) is 0.464. The molecule has 0 aliphatic carbocycles. The smallest absolute Gasteiger partial charge is 0.304 e. The molecule has 5 rings (SSSR count). The maximum absolute atomic E-state index is 14.1. The predicted octanol–water partition coefficient (Wildman–Crippen LogP) is 4.54. The fourth-order valence-electron chi connectivity index (χ4n) is 5.24. The van der Waals surface area contributed by atoms with Gasteiger partial charge in [-0.15, -0.1) is 0 Å². The lowest BCUT2D eigenvalue weighted by Crippen LogP contribution is -2.52. The molecule has 2 aromatic heterocycles. The number of benzene rings is 1. The third-order valence-corrected chi connectivity index (χ3v) is 8.44. The van der Waals surface area contributed by atoms with Crippen molar-refractivity contribution in [1.82, 2.24) is 24.8 Å². The summed E-state index contributed by atoms with van der Waals surface area (Å²) >= 11 is 6.31. The number of nitrogens with one attached hydrogen (secondary N) is 3. The molecule has 0 spiro atoms. The fourth-order valence-corrected chi connectivity index (χ4v) is 5.96. The van der Waals surface area contributed by atoms with Gasteiger partial charge in [-0.3, -0.25) is 9.62 Å². The Balaban J connectivity index is 1.33. The van der Waals surface area contributed by atoms with Gasteiger partial charge in [0.2, 0.25) is 21.9 Å². The summed E-state index contributed by atoms with van der Waals surface area (Å²) in [6.45, 7) is 5.53. The molecular weight excluding hydrogens is 635 g/mol. The number of ether oxygens (including phenoxy) is 1. The highest BCUT2D eigenvalue weighted by atomic mass is 35.5. The molecule has 2 aliphatic heterocycles. The summed E-state index contributed by atoms with van der Waals surface area (Å²) in [5.74, 6) is 0.180. The van der Waals surface area contributed by atoms with Crippen molar-refractivity contribution in [2.24, 2.45) is 0 Å². The molecule has 45 heavy (non-hydrogen) atoms. The van der Waals surface area contributed by atoms with E-state index in [1.165, 1.54) is 6.20 Å². The molecule has 2 aliphatic rings. The van der Waals surface area contributed by atoms with Crippen molar-refractivity contribution in [3.63, 3.8) is 0 Å². The van der Waals surface area contributed by atoms with Gasteiger partial charge >= 0.3 is 6.43 Å². The van der Waals surface area contributed by atoms with Gasteiger partial charge in [0, 0.05) is 45.3 Å². The van der Waals surface area contributed by atoms with Gasteiger partial charge in [-0.25, -0.2) is 22.2 Å². The van der Waals surface area contributed by atoms with E-state index in [2.05, 4.69) is 47.2 Å². The molecule has 0 saturated carbocycles. The molecule has 0 bridgehead atoms. The molecule has 3 N–H and O–H groups in total. The molecule has 2 saturated heterocycles. The van der Waals surface area contributed by atoms with E-state index in [9.17, 15) is 21.6 Å². The van der Waals surface area contributed by atoms with Crippen LogP contribution >= 0.6 is 11.6 Å². The lowest BCUT2D eigenvalue weighted by molar-refractivity contribution is -0.0685. The number of alkyl halides is 3. The van der Waals surface area contributed by atoms with Crippen molar-refractivity contribution in [2.75, 3.05) is 72.8 Å². The quantitative estimate of drug-likeness (QED) is 0.266. The zero-order chi connectivity index (χ0) is 32.1. The highest BCUT2D eigenvalue weighted by molar-refractivity contribution is 7.92. The van der Waals surface area contributed by atoms with E-state index >= 15 is 0 Å². The third-order valence-electron chi connectivity index (χ3n) is 7.58. The van der Waals surface area contributed by atoms with E-state index in [0.717, 1.165) is 45.3 Å². The number of halogens is 4. The number of piperazine rings is 1. The van der Waals surface area contributed by atoms with E-state index in [0.29, 0.717) is 30.6 Å². The minimum atomic E-state index is -3.57. The maximum Gasteiger partial charge on any atom is 0.304 e. The summed E-state index contributed by atoms with van der Waals surface area (Å²) in [5.41, 5.74) is 0.674. The Labute approximate surface area is 265 Å². The largest absolute Gasteiger partial charge is 0.435 e. The van der Waals surface area contributed by atoms with Crippen molar-refractivity contribution in [1.29, 1.82) is 0 Å². The van der Waals surface area contributed by atoms with Crippen molar-refractivity contribution >= 4 is 56.3 Å². The lowest BCUT2D eigenvalue weighted by Gasteiger charge is -2.42. The topological polar surface area (TPSA) is 128 Å². The number of likely N-dealkylation sites (N-methyl/N-ethyl adjacent to an activating group) is 1. The van der Waals surface area contributed by atoms with E-state index in [1.807, 2.05) is 4.90 Å². The molecule has 1 unspecified atom stereocenters. The molecule has 2 fully saturated rings. The summed E-state index contributed by atoms with van der Waals surface area (Å²) in [6, 6.07) is 10.2. The Morgan fingerprint density at radius 2 is 1.62 bits per heavy atom. The monoisotopic (exact) mass is 669 g/mol. The molecule has 1 atom stereocenters. The van der Waals surface area contributed by atoms with Gasteiger partial charge in [-0.1, -0.05) is 23.7 Å². The SMILES string of the molecule is CN1CCN(C2CCN(c3ccc(Nc4ncc(Cl)c(Nc5ccccc5NS(C)(=O)=O)n4)c(OC(F)C(F)F)n3)CC2)CC1. The lowest BCUT2D eigenvalue weighted by atomic mass is 10.0. The van der Waals surface area contributed by atoms with E-state index in [-0.39, 0.29) is 34.0 Å². The summed E-state index contributed by atoms with van der Waals surface area (Å²) in [7, 11) is -1.45. The van der Waals surface area contributed by atoms with Crippen LogP contribution in [0.1, 0.15) is 12.8 Å². The highest BCUT2D eigenvalue weighted by Crippen LogP contribution is 2.33. The van der Waals surface area contributed by atoms with Crippen LogP contribution in [0.5, 0.6) is 5.88 Å². The van der Waals surface area contributed by atoms with Gasteiger partial charge in [0.25, 0.3) is 6.36 Å². The number of para-hydroxylation sites is 2. The minimum absolute atomic E-state index is 0.0321. The van der Waals surface area contributed by atoms with Gasteiger partial charge in [0.05, 0.1) is 23.8 Å². The number of piperidine rings is 1. The Bertz CT molecular complexity index is 1570. The molecule has 3 aromatic rings. The summed E-state index contributed by atoms with van der Waals surface area (Å²) in [6.07, 6.45) is -2.14. The maximum atomic E-state index is 14.1. The number of pyridine rings is 1. The molecule has 1 aromatic carbocycles. The van der Waals surface area contributed by atoms with Crippen molar-refractivity contribution in [3.8, 4) is 5.88 Å². The van der Waals surface area contributed by atoms with Gasteiger partial charge < -0.3 is 25.2 Å². The van der Waals surface area contributed by atoms with E-state index in [1.54, 1.807) is 36.4 Å². The first-order chi connectivity index (χ1) is 21.4. The first kappa shape index (κ1) is 32.8. The summed E-state index contributed by atoms with van der Waals surface area (Å²) in [4.78, 5) is 19.7. The number of aromatic nitrogens is 3. The highest BCUT2D eigenvalue weighted by Gasteiger charge is 2.29. The molecular formula is C28H35ClF3N9O3S. The van der Waals surface area contributed by atoms with Gasteiger partial charge in [-0.05, 0) is 44.2 Å². The number of rotatable bonds is 11. The van der Waals surface area contributed by atoms with Crippen LogP contribution in [0.4, 0.5) is 47.8 Å². The van der Waals surface area contributed by atoms with Gasteiger partial charge in [0.15, 0.2) is 5.82 Å². The summed E-state index contributed by atoms with van der Waals surface area (Å²) < 4.78 is 71.4.